The molecule has 1 atom stereocenters. The number of hydrogen-bond donors (Lipinski definition) is 1. The van der Waals surface area contributed by atoms with Gasteiger partial charge in [-0.25, -0.2) is 4.84 Å². The molecule has 0 aliphatic heterocycles. The molecule has 1 aromatic rings. The van der Waals surface area contributed by atoms with Crippen LogP contribution >= 0.6 is 11.8 Å². The zero-order chi connectivity index (χ0) is 10.9. The van der Waals surface area contributed by atoms with Crippen LogP contribution in [0.1, 0.15) is 43.9 Å². The van der Waals surface area contributed by atoms with Crippen molar-refractivity contribution in [3.05, 3.63) is 23.2 Å². The van der Waals surface area contributed by atoms with Crippen LogP contribution in [0.3, 0.4) is 0 Å². The van der Waals surface area contributed by atoms with Gasteiger partial charge in [-0.15, -0.1) is 0 Å². The first kappa shape index (κ1) is 11.6. The Morgan fingerprint density at radius 2 is 1.93 bits per heavy atom. The highest BCUT2D eigenvalue weighted by Crippen LogP contribution is 2.34. The summed E-state index contributed by atoms with van der Waals surface area (Å²) in [6.45, 7) is 10.4. The van der Waals surface area contributed by atoms with E-state index in [1.54, 1.807) is 0 Å². The largest absolute Gasteiger partial charge is 0.464 e. The second-order valence-electron chi connectivity index (χ2n) is 4.80. The topological polar surface area (TPSA) is 25.2 Å². The minimum absolute atomic E-state index is 0.0385. The summed E-state index contributed by atoms with van der Waals surface area (Å²) in [6.07, 6.45) is 0. The fourth-order valence-electron chi connectivity index (χ4n) is 1.39. The van der Waals surface area contributed by atoms with E-state index in [2.05, 4.69) is 25.6 Å². The van der Waals surface area contributed by atoms with Gasteiger partial charge in [0, 0.05) is 0 Å². The number of aryl methyl sites for hydroxylation is 2. The molecule has 0 radical (unpaired) electrons. The lowest BCUT2D eigenvalue weighted by atomic mass is 9.86. The monoisotopic (exact) mass is 215 g/mol. The molecule has 80 valence electrons. The van der Waals surface area contributed by atoms with Crippen LogP contribution in [-0.4, -0.2) is 0 Å². The molecule has 0 saturated heterocycles. The maximum absolute atomic E-state index is 5.74. The molecule has 1 aromatic heterocycles. The third-order valence-corrected chi connectivity index (χ3v) is 2.66. The maximum atomic E-state index is 5.74. The van der Waals surface area contributed by atoms with E-state index < -0.39 is 0 Å². The molecule has 3 heteroatoms. The summed E-state index contributed by atoms with van der Waals surface area (Å²) in [6, 6.07) is 2.08. The van der Waals surface area contributed by atoms with Gasteiger partial charge in [0.15, 0.2) is 0 Å². The van der Waals surface area contributed by atoms with E-state index in [1.807, 2.05) is 19.9 Å². The summed E-state index contributed by atoms with van der Waals surface area (Å²) in [4.78, 5) is 2.78. The van der Waals surface area contributed by atoms with E-state index in [9.17, 15) is 0 Å². The summed E-state index contributed by atoms with van der Waals surface area (Å²) < 4.78 is 5.65. The van der Waals surface area contributed by atoms with Crippen molar-refractivity contribution in [2.75, 3.05) is 0 Å². The van der Waals surface area contributed by atoms with Gasteiger partial charge in [-0.1, -0.05) is 20.8 Å². The van der Waals surface area contributed by atoms with Crippen molar-refractivity contribution in [1.29, 1.82) is 0 Å². The Hall–Kier alpha value is -0.470. The molecule has 0 aromatic carbocycles. The van der Waals surface area contributed by atoms with E-state index in [0.29, 0.717) is 0 Å². The molecule has 14 heavy (non-hydrogen) atoms. The van der Waals surface area contributed by atoms with Gasteiger partial charge in [-0.05, 0) is 42.7 Å². The minimum atomic E-state index is 0.0385. The normalized spacial score (nSPS) is 14.4. The second-order valence-corrected chi connectivity index (χ2v) is 5.01. The van der Waals surface area contributed by atoms with Gasteiger partial charge in [-0.2, -0.15) is 0 Å². The molecule has 2 nitrogen and oxygen atoms in total. The third-order valence-electron chi connectivity index (χ3n) is 2.44. The van der Waals surface area contributed by atoms with Crippen LogP contribution in [0.15, 0.2) is 10.5 Å². The van der Waals surface area contributed by atoms with Gasteiger partial charge in [0.25, 0.3) is 0 Å². The Kier molecular flexibility index (Phi) is 3.28. The Morgan fingerprint density at radius 1 is 1.36 bits per heavy atom. The minimum Gasteiger partial charge on any atom is -0.464 e. The molecule has 1 rings (SSSR count). The summed E-state index contributed by atoms with van der Waals surface area (Å²) in [7, 11) is 0. The predicted octanol–water partition coefficient (Wildman–Crippen LogP) is 3.73. The van der Waals surface area contributed by atoms with Crippen molar-refractivity contribution in [3.8, 4) is 0 Å². The lowest BCUT2D eigenvalue weighted by molar-refractivity contribution is 0.265. The van der Waals surface area contributed by atoms with Gasteiger partial charge in [-0.3, -0.25) is 0 Å². The molecule has 0 fully saturated rings. The lowest BCUT2D eigenvalue weighted by Gasteiger charge is -2.27. The van der Waals surface area contributed by atoms with Crippen molar-refractivity contribution in [3.63, 3.8) is 0 Å². The third kappa shape index (κ3) is 2.31. The second kappa shape index (κ2) is 3.95. The smallest absolute Gasteiger partial charge is 0.123 e. The van der Waals surface area contributed by atoms with Crippen molar-refractivity contribution < 1.29 is 4.42 Å². The molecule has 0 saturated carbocycles. The van der Waals surface area contributed by atoms with Gasteiger partial charge >= 0.3 is 0 Å². The highest BCUT2D eigenvalue weighted by molar-refractivity contribution is 6.13. The van der Waals surface area contributed by atoms with Crippen molar-refractivity contribution in [2.24, 2.45) is 5.41 Å². The molecule has 0 aliphatic rings. The zero-order valence-electron chi connectivity index (χ0n) is 9.44. The summed E-state index contributed by atoms with van der Waals surface area (Å²) in [5, 5.41) is 0. The number of rotatable bonds is 2. The van der Waals surface area contributed by atoms with Crippen LogP contribution in [0.5, 0.6) is 0 Å². The zero-order valence-corrected chi connectivity index (χ0v) is 10.2. The average molecular weight is 216 g/mol. The molecule has 1 N–H and O–H groups in total. The number of nitrogens with one attached hydrogen (secondary N) is 1. The van der Waals surface area contributed by atoms with E-state index >= 15 is 0 Å². The quantitative estimate of drug-likeness (QED) is 0.761. The Balaban J connectivity index is 3.01. The Labute approximate surface area is 90.7 Å². The lowest BCUT2D eigenvalue weighted by Crippen LogP contribution is -2.26. The summed E-state index contributed by atoms with van der Waals surface area (Å²) in [5.41, 5.74) is 1.21. The Morgan fingerprint density at radius 3 is 2.21 bits per heavy atom. The number of furan rings is 1. The first-order valence-electron chi connectivity index (χ1n) is 4.79. The molecule has 0 bridgehead atoms. The predicted molar refractivity (Wildman–Crippen MR) is 59.4 cm³/mol. The van der Waals surface area contributed by atoms with Crippen LogP contribution in [0, 0.1) is 19.3 Å². The molecule has 0 amide bonds. The molecule has 0 aliphatic carbocycles. The highest BCUT2D eigenvalue weighted by Gasteiger charge is 2.28. The molecular formula is C11H18ClNO. The van der Waals surface area contributed by atoms with Crippen LogP contribution in [0.2, 0.25) is 0 Å². The van der Waals surface area contributed by atoms with Crippen LogP contribution in [-0.2, 0) is 0 Å². The molecule has 1 heterocycles. The van der Waals surface area contributed by atoms with E-state index in [0.717, 1.165) is 11.5 Å². The van der Waals surface area contributed by atoms with E-state index in [4.69, 9.17) is 16.2 Å². The standard InChI is InChI=1S/C11H18ClNO/c1-7-6-9(14-8(7)2)10(13-12)11(3,4)5/h6,10,13H,1-5H3/t10-/m0/s1. The van der Waals surface area contributed by atoms with Gasteiger partial charge in [0.1, 0.15) is 11.5 Å². The molecule has 0 spiro atoms. The van der Waals surface area contributed by atoms with Gasteiger partial charge in [0.05, 0.1) is 6.04 Å². The maximum Gasteiger partial charge on any atom is 0.123 e. The van der Waals surface area contributed by atoms with Crippen molar-refractivity contribution >= 4 is 11.8 Å². The van der Waals surface area contributed by atoms with Crippen LogP contribution in [0.4, 0.5) is 0 Å². The van der Waals surface area contributed by atoms with E-state index in [1.165, 1.54) is 5.56 Å². The Bertz CT molecular complexity index is 292. The van der Waals surface area contributed by atoms with Gasteiger partial charge < -0.3 is 4.42 Å². The van der Waals surface area contributed by atoms with Crippen molar-refractivity contribution in [2.45, 2.75) is 40.7 Å². The SMILES string of the molecule is Cc1cc([C@H](NCl)C(C)(C)C)oc1C. The first-order chi connectivity index (χ1) is 6.36. The van der Waals surface area contributed by atoms with Crippen LogP contribution < -0.4 is 4.84 Å². The highest BCUT2D eigenvalue weighted by atomic mass is 35.5. The van der Waals surface area contributed by atoms with Crippen LogP contribution in [0.25, 0.3) is 0 Å². The molecule has 0 unspecified atom stereocenters. The number of hydrogen-bond acceptors (Lipinski definition) is 2. The van der Waals surface area contributed by atoms with Crippen molar-refractivity contribution in [1.82, 2.24) is 4.84 Å². The first-order valence-corrected chi connectivity index (χ1v) is 5.17. The fourth-order valence-corrected chi connectivity index (χ4v) is 1.82. The van der Waals surface area contributed by atoms with Gasteiger partial charge in [0.2, 0.25) is 0 Å². The summed E-state index contributed by atoms with van der Waals surface area (Å²) in [5.74, 6) is 1.86. The summed E-state index contributed by atoms with van der Waals surface area (Å²) >= 11 is 5.74. The fraction of sp³-hybridized carbons (Fsp3) is 0.636. The van der Waals surface area contributed by atoms with E-state index in [-0.39, 0.29) is 11.5 Å². The number of halogens is 1. The molecular weight excluding hydrogens is 198 g/mol. The average Bonchev–Trinajstić information content (AvgIpc) is 2.30.